The summed E-state index contributed by atoms with van der Waals surface area (Å²) in [4.78, 5) is 14.1. The highest BCUT2D eigenvalue weighted by molar-refractivity contribution is 5.90. The van der Waals surface area contributed by atoms with Crippen molar-refractivity contribution in [3.05, 3.63) is 95.6 Å². The predicted octanol–water partition coefficient (Wildman–Crippen LogP) is 6.91. The second-order valence-corrected chi connectivity index (χ2v) is 12.3. The molecule has 0 N–H and O–H groups in total. The van der Waals surface area contributed by atoms with Crippen molar-refractivity contribution in [2.45, 2.75) is 63.0 Å². The molecular weight excluding hydrogens is 470 g/mol. The molecule has 3 aromatic rings. The van der Waals surface area contributed by atoms with Gasteiger partial charge in [-0.1, -0.05) is 66.7 Å². The number of quaternary nitrogens is 1. The molecule has 2 aliphatic carbocycles. The van der Waals surface area contributed by atoms with E-state index >= 15 is 0 Å². The van der Waals surface area contributed by atoms with Gasteiger partial charge in [0.2, 0.25) is 0 Å². The minimum atomic E-state index is -0.884. The van der Waals surface area contributed by atoms with E-state index in [0.717, 1.165) is 52.9 Å². The lowest BCUT2D eigenvalue weighted by Crippen LogP contribution is -2.52. The highest BCUT2D eigenvalue weighted by Gasteiger charge is 2.57. The average molecular weight is 511 g/mol. The molecule has 3 aliphatic rings. The zero-order chi connectivity index (χ0) is 26.3. The van der Waals surface area contributed by atoms with Crippen molar-refractivity contribution in [3.63, 3.8) is 0 Å². The van der Waals surface area contributed by atoms with Crippen LogP contribution < -0.4 is 4.74 Å². The number of benzene rings is 3. The summed E-state index contributed by atoms with van der Waals surface area (Å²) in [6, 6.07) is 27.1. The lowest BCUT2D eigenvalue weighted by atomic mass is 9.74. The Morgan fingerprint density at radius 2 is 1.53 bits per heavy atom. The number of aryl methyl sites for hydroxylation is 1. The minimum absolute atomic E-state index is 0.00760. The smallest absolute Gasteiger partial charge is 0.321 e. The third-order valence-electron chi connectivity index (χ3n) is 9.71. The molecule has 2 bridgehead atoms. The Balaban J connectivity index is 1.16. The number of unbranched alkanes of at least 4 members (excludes halogenated alkanes) is 1. The molecule has 4 unspecified atom stereocenters. The Bertz CT molecular complexity index is 1250. The highest BCUT2D eigenvalue weighted by Crippen LogP contribution is 2.53. The summed E-state index contributed by atoms with van der Waals surface area (Å²) in [6.07, 6.45) is 7.06. The number of rotatable bonds is 8. The molecule has 3 aromatic carbocycles. The first-order valence-corrected chi connectivity index (χ1v) is 14.3. The van der Waals surface area contributed by atoms with E-state index in [9.17, 15) is 4.79 Å². The number of para-hydroxylation sites is 2. The molecule has 38 heavy (non-hydrogen) atoms. The first-order chi connectivity index (χ1) is 18.4. The summed E-state index contributed by atoms with van der Waals surface area (Å²) in [5.74, 6) is 2.24. The third-order valence-corrected chi connectivity index (χ3v) is 9.71. The number of ether oxygens (including phenoxy) is 2. The van der Waals surface area contributed by atoms with Crippen molar-refractivity contribution in [1.82, 2.24) is 0 Å². The minimum Gasteiger partial charge on any atom is -0.461 e. The molecule has 0 spiro atoms. The third kappa shape index (κ3) is 4.33. The van der Waals surface area contributed by atoms with Crippen molar-refractivity contribution in [1.29, 1.82) is 0 Å². The van der Waals surface area contributed by atoms with Gasteiger partial charge in [0.1, 0.15) is 23.0 Å². The number of esters is 1. The monoisotopic (exact) mass is 510 g/mol. The summed E-state index contributed by atoms with van der Waals surface area (Å²) in [6.45, 7) is 3.17. The van der Waals surface area contributed by atoms with Gasteiger partial charge in [-0.3, -0.25) is 4.79 Å². The number of nitrogens with zero attached hydrogens (tertiary/aromatic N) is 1. The molecule has 2 saturated carbocycles. The van der Waals surface area contributed by atoms with Gasteiger partial charge in [0.25, 0.3) is 0 Å². The summed E-state index contributed by atoms with van der Waals surface area (Å²) >= 11 is 0. The molecular formula is C34H40NO3+. The Labute approximate surface area is 227 Å². The molecule has 1 heterocycles. The van der Waals surface area contributed by atoms with Gasteiger partial charge >= 0.3 is 5.97 Å². The van der Waals surface area contributed by atoms with E-state index in [1.807, 2.05) is 55.5 Å². The van der Waals surface area contributed by atoms with E-state index in [1.165, 1.54) is 24.8 Å². The Kier molecular flexibility index (Phi) is 6.55. The van der Waals surface area contributed by atoms with E-state index in [4.69, 9.17) is 9.47 Å². The van der Waals surface area contributed by atoms with Crippen molar-refractivity contribution in [3.8, 4) is 11.5 Å². The van der Waals surface area contributed by atoms with Crippen LogP contribution in [-0.2, 0) is 21.4 Å². The lowest BCUT2D eigenvalue weighted by molar-refractivity contribution is -0.918. The molecule has 0 amide bonds. The van der Waals surface area contributed by atoms with Crippen molar-refractivity contribution in [2.75, 3.05) is 20.6 Å². The number of carbonyl (C=O) groups is 1. The van der Waals surface area contributed by atoms with Crippen LogP contribution in [0.2, 0.25) is 0 Å². The fourth-order valence-corrected chi connectivity index (χ4v) is 7.54. The summed E-state index contributed by atoms with van der Waals surface area (Å²) in [5.41, 5.74) is 2.32. The topological polar surface area (TPSA) is 35.5 Å². The van der Waals surface area contributed by atoms with Crippen LogP contribution in [0.25, 0.3) is 0 Å². The average Bonchev–Trinajstić information content (AvgIpc) is 3.49. The van der Waals surface area contributed by atoms with Gasteiger partial charge in [-0.15, -0.1) is 0 Å². The van der Waals surface area contributed by atoms with Crippen molar-refractivity contribution in [2.24, 2.45) is 11.8 Å². The molecule has 1 aliphatic heterocycles. The molecule has 0 aromatic heterocycles. The fourth-order valence-electron chi connectivity index (χ4n) is 7.54. The zero-order valence-electron chi connectivity index (χ0n) is 22.9. The van der Waals surface area contributed by atoms with Crippen LogP contribution in [-0.4, -0.2) is 43.2 Å². The van der Waals surface area contributed by atoms with E-state index in [-0.39, 0.29) is 12.1 Å². The Morgan fingerprint density at radius 1 is 0.895 bits per heavy atom. The first-order valence-electron chi connectivity index (χ1n) is 14.3. The molecule has 4 nitrogen and oxygen atoms in total. The van der Waals surface area contributed by atoms with Gasteiger partial charge in [-0.05, 0) is 56.7 Å². The maximum Gasteiger partial charge on any atom is 0.321 e. The maximum atomic E-state index is 14.1. The van der Waals surface area contributed by atoms with Gasteiger partial charge in [0.15, 0.2) is 0 Å². The molecule has 2 fully saturated rings. The van der Waals surface area contributed by atoms with Gasteiger partial charge in [0.05, 0.1) is 26.7 Å². The van der Waals surface area contributed by atoms with E-state index in [0.29, 0.717) is 17.9 Å². The van der Waals surface area contributed by atoms with Crippen LogP contribution in [0.15, 0.2) is 78.9 Å². The lowest BCUT2D eigenvalue weighted by Gasteiger charge is -2.41. The number of hydrogen-bond donors (Lipinski definition) is 0. The SMILES string of the molecule is CC1(C(=O)OC2C3CCC2C([N+](C)(C)CCCCc2ccccc2)C3)c2ccccc2Oc2ccccc21. The molecule has 4 atom stereocenters. The largest absolute Gasteiger partial charge is 0.461 e. The second kappa shape index (κ2) is 9.89. The van der Waals surface area contributed by atoms with Crippen LogP contribution in [0.3, 0.4) is 0 Å². The first kappa shape index (κ1) is 25.2. The van der Waals surface area contributed by atoms with Crippen LogP contribution in [0.5, 0.6) is 11.5 Å². The fraction of sp³-hybridized carbons (Fsp3) is 0.441. The van der Waals surface area contributed by atoms with Gasteiger partial charge in [-0.25, -0.2) is 0 Å². The standard InChI is InChI=1S/C34H40NO3/c1-34(27-16-7-9-18-30(27)37-31-19-10-8-17-28(31)34)33(36)38-32-25-20-21-26(32)29(23-25)35(2,3)22-12-11-15-24-13-5-4-6-14-24/h4-10,13-14,16-19,25-26,29,32H,11-12,15,20-23H2,1-3H3/q+1. The quantitative estimate of drug-likeness (QED) is 0.188. The van der Waals surface area contributed by atoms with E-state index in [1.54, 1.807) is 0 Å². The number of carbonyl (C=O) groups excluding carboxylic acids is 1. The molecule has 6 rings (SSSR count). The van der Waals surface area contributed by atoms with E-state index in [2.05, 4.69) is 44.4 Å². The summed E-state index contributed by atoms with van der Waals surface area (Å²) < 4.78 is 13.7. The zero-order valence-corrected chi connectivity index (χ0v) is 22.9. The number of hydrogen-bond acceptors (Lipinski definition) is 3. The van der Waals surface area contributed by atoms with Crippen molar-refractivity contribution < 1.29 is 18.8 Å². The Morgan fingerprint density at radius 3 is 2.21 bits per heavy atom. The molecule has 0 radical (unpaired) electrons. The van der Waals surface area contributed by atoms with Gasteiger partial charge < -0.3 is 14.0 Å². The normalized spacial score (nSPS) is 24.8. The van der Waals surface area contributed by atoms with Crippen LogP contribution in [0.4, 0.5) is 0 Å². The molecule has 0 saturated heterocycles. The number of fused-ring (bicyclic) bond motifs is 4. The van der Waals surface area contributed by atoms with Gasteiger partial charge in [-0.2, -0.15) is 0 Å². The molecule has 4 heteroatoms. The van der Waals surface area contributed by atoms with Gasteiger partial charge in [0, 0.05) is 29.4 Å². The summed E-state index contributed by atoms with van der Waals surface area (Å²) in [7, 11) is 4.78. The predicted molar refractivity (Wildman–Crippen MR) is 150 cm³/mol. The molecule has 198 valence electrons. The maximum absolute atomic E-state index is 14.1. The van der Waals surface area contributed by atoms with E-state index < -0.39 is 5.41 Å². The van der Waals surface area contributed by atoms with Crippen molar-refractivity contribution >= 4 is 5.97 Å². The van der Waals surface area contributed by atoms with Crippen LogP contribution in [0.1, 0.15) is 55.7 Å². The Hall–Kier alpha value is -3.11. The highest BCUT2D eigenvalue weighted by atomic mass is 16.5. The summed E-state index contributed by atoms with van der Waals surface area (Å²) in [5, 5.41) is 0. The van der Waals surface area contributed by atoms with Crippen LogP contribution in [0, 0.1) is 11.8 Å². The second-order valence-electron chi connectivity index (χ2n) is 12.3. The van der Waals surface area contributed by atoms with Crippen LogP contribution >= 0.6 is 0 Å².